The number of amides is 3. The van der Waals surface area contributed by atoms with E-state index in [-0.39, 0.29) is 36.2 Å². The molecule has 3 unspecified atom stereocenters. The van der Waals surface area contributed by atoms with E-state index in [4.69, 9.17) is 5.73 Å². The predicted octanol–water partition coefficient (Wildman–Crippen LogP) is 5.20. The van der Waals surface area contributed by atoms with E-state index in [9.17, 15) is 14.4 Å². The summed E-state index contributed by atoms with van der Waals surface area (Å²) >= 11 is 0. The molecule has 1 heterocycles. The number of hydrogen-bond acceptors (Lipinski definition) is 3. The first-order valence-electron chi connectivity index (χ1n) is 14.6. The van der Waals surface area contributed by atoms with Crippen molar-refractivity contribution >= 4 is 17.7 Å². The fraction of sp³-hybridized carbons (Fsp3) is 0.710. The van der Waals surface area contributed by atoms with Crippen molar-refractivity contribution in [2.75, 3.05) is 19.6 Å². The average molecular weight is 512 g/mol. The molecule has 3 amide bonds. The first kappa shape index (κ1) is 29.2. The molecular formula is C31H49N3O3. The summed E-state index contributed by atoms with van der Waals surface area (Å²) in [6, 6.07) is 11.0. The van der Waals surface area contributed by atoms with Gasteiger partial charge in [0, 0.05) is 12.5 Å². The number of carbonyl (C=O) groups excluding carboxylic acids is 3. The Hall–Kier alpha value is -2.37. The van der Waals surface area contributed by atoms with Gasteiger partial charge in [0.2, 0.25) is 17.7 Å². The number of primary amides is 1. The number of nitrogens with one attached hydrogen (secondary N) is 1. The predicted molar refractivity (Wildman–Crippen MR) is 149 cm³/mol. The van der Waals surface area contributed by atoms with Gasteiger partial charge in [0.25, 0.3) is 0 Å². The molecule has 0 bridgehead atoms. The van der Waals surface area contributed by atoms with Crippen LogP contribution >= 0.6 is 0 Å². The minimum atomic E-state index is -0.580. The number of nitrogens with two attached hydrogens (primary N) is 1. The van der Waals surface area contributed by atoms with E-state index in [0.717, 1.165) is 57.3 Å². The molecule has 3 rings (SSSR count). The van der Waals surface area contributed by atoms with Gasteiger partial charge in [-0.1, -0.05) is 83.2 Å². The molecule has 1 saturated carbocycles. The van der Waals surface area contributed by atoms with Gasteiger partial charge < -0.3 is 16.0 Å². The van der Waals surface area contributed by atoms with E-state index in [1.807, 2.05) is 0 Å². The highest BCUT2D eigenvalue weighted by atomic mass is 16.2. The fourth-order valence-corrected chi connectivity index (χ4v) is 6.55. The SMILES string of the molecule is CCC(C)C[C@]1(c2ccccc2)CCCC(CC2CCC2)C(C)C(=O)N(CC(=O)NCC(N)=O)CCC1. The summed E-state index contributed by atoms with van der Waals surface area (Å²) in [5.74, 6) is 0.756. The van der Waals surface area contributed by atoms with E-state index < -0.39 is 5.91 Å². The topological polar surface area (TPSA) is 92.5 Å². The molecule has 0 aromatic heterocycles. The van der Waals surface area contributed by atoms with E-state index >= 15 is 0 Å². The van der Waals surface area contributed by atoms with Crippen LogP contribution in [0.3, 0.4) is 0 Å². The first-order valence-corrected chi connectivity index (χ1v) is 14.6. The van der Waals surface area contributed by atoms with Crippen molar-refractivity contribution in [2.45, 2.75) is 96.8 Å². The molecule has 206 valence electrons. The normalized spacial score (nSPS) is 26.6. The van der Waals surface area contributed by atoms with E-state index in [2.05, 4.69) is 56.4 Å². The highest BCUT2D eigenvalue weighted by Crippen LogP contribution is 2.44. The molecular weight excluding hydrogens is 462 g/mol. The Labute approximate surface area is 224 Å². The van der Waals surface area contributed by atoms with Crippen LogP contribution in [0.15, 0.2) is 30.3 Å². The number of carbonyl (C=O) groups is 3. The zero-order valence-corrected chi connectivity index (χ0v) is 23.3. The molecule has 1 aromatic carbocycles. The molecule has 1 aromatic rings. The Morgan fingerprint density at radius 1 is 1.11 bits per heavy atom. The smallest absolute Gasteiger partial charge is 0.240 e. The minimum absolute atomic E-state index is 0.0176. The van der Waals surface area contributed by atoms with Gasteiger partial charge in [-0.2, -0.15) is 0 Å². The zero-order chi connectivity index (χ0) is 26.8. The van der Waals surface area contributed by atoms with Crippen LogP contribution in [0.2, 0.25) is 0 Å². The Morgan fingerprint density at radius 3 is 2.43 bits per heavy atom. The standard InChI is InChI=1S/C31H49N3O3/c1-4-23(2)20-31(27-14-6-5-7-15-27)16-9-13-26(19-25-11-8-12-25)24(3)30(37)34(18-10-17-31)22-29(36)33-21-28(32)35/h5-7,14-15,23-26H,4,8-13,16-22H2,1-3H3,(H2,32,35)(H,33,36)/t23?,24?,26?,31-/m0/s1. The minimum Gasteiger partial charge on any atom is -0.368 e. The summed E-state index contributed by atoms with van der Waals surface area (Å²) in [4.78, 5) is 39.3. The van der Waals surface area contributed by atoms with Crippen molar-refractivity contribution in [1.82, 2.24) is 10.2 Å². The van der Waals surface area contributed by atoms with Crippen LogP contribution in [-0.4, -0.2) is 42.3 Å². The summed E-state index contributed by atoms with van der Waals surface area (Å²) in [6.07, 6.45) is 12.4. The number of hydrogen-bond donors (Lipinski definition) is 2. The molecule has 1 saturated heterocycles. The summed E-state index contributed by atoms with van der Waals surface area (Å²) in [6.45, 7) is 7.04. The lowest BCUT2D eigenvalue weighted by molar-refractivity contribution is -0.141. The second kappa shape index (κ2) is 14.0. The van der Waals surface area contributed by atoms with Gasteiger partial charge in [-0.25, -0.2) is 0 Å². The Kier molecular flexibility index (Phi) is 11.0. The quantitative estimate of drug-likeness (QED) is 0.452. The molecule has 37 heavy (non-hydrogen) atoms. The third-order valence-corrected chi connectivity index (χ3v) is 9.20. The summed E-state index contributed by atoms with van der Waals surface area (Å²) in [7, 11) is 0. The maximum Gasteiger partial charge on any atom is 0.240 e. The molecule has 2 fully saturated rings. The van der Waals surface area contributed by atoms with Crippen molar-refractivity contribution in [3.63, 3.8) is 0 Å². The van der Waals surface area contributed by atoms with Crippen LogP contribution in [0.25, 0.3) is 0 Å². The summed E-state index contributed by atoms with van der Waals surface area (Å²) in [5, 5.41) is 2.57. The third-order valence-electron chi connectivity index (χ3n) is 9.20. The molecule has 3 N–H and O–H groups in total. The number of rotatable bonds is 10. The molecule has 0 spiro atoms. The Balaban J connectivity index is 1.88. The number of nitrogens with zero attached hydrogens (tertiary/aromatic N) is 1. The van der Waals surface area contributed by atoms with Gasteiger partial charge in [0.15, 0.2) is 0 Å². The van der Waals surface area contributed by atoms with Crippen LogP contribution in [0.1, 0.15) is 97.0 Å². The fourth-order valence-electron chi connectivity index (χ4n) is 6.55. The van der Waals surface area contributed by atoms with E-state index in [0.29, 0.717) is 18.4 Å². The zero-order valence-electron chi connectivity index (χ0n) is 23.3. The van der Waals surface area contributed by atoms with Crippen molar-refractivity contribution in [3.05, 3.63) is 35.9 Å². The third kappa shape index (κ3) is 8.31. The van der Waals surface area contributed by atoms with Crippen LogP contribution in [0.5, 0.6) is 0 Å². The maximum absolute atomic E-state index is 13.8. The molecule has 6 nitrogen and oxygen atoms in total. The summed E-state index contributed by atoms with van der Waals surface area (Å²) in [5.41, 5.74) is 6.70. The van der Waals surface area contributed by atoms with Gasteiger partial charge in [-0.3, -0.25) is 14.4 Å². The first-order chi connectivity index (χ1) is 17.7. The largest absolute Gasteiger partial charge is 0.368 e. The monoisotopic (exact) mass is 511 g/mol. The van der Waals surface area contributed by atoms with E-state index in [1.165, 1.54) is 24.8 Å². The number of benzene rings is 1. The molecule has 1 aliphatic carbocycles. The highest BCUT2D eigenvalue weighted by Gasteiger charge is 2.37. The Morgan fingerprint density at radius 2 is 1.81 bits per heavy atom. The molecule has 1 aliphatic heterocycles. The summed E-state index contributed by atoms with van der Waals surface area (Å²) < 4.78 is 0. The lowest BCUT2D eigenvalue weighted by atomic mass is 9.67. The van der Waals surface area contributed by atoms with Crippen LogP contribution < -0.4 is 11.1 Å². The molecule has 0 radical (unpaired) electrons. The molecule has 2 aliphatic rings. The Bertz CT molecular complexity index is 885. The van der Waals surface area contributed by atoms with Gasteiger partial charge in [-0.15, -0.1) is 0 Å². The van der Waals surface area contributed by atoms with Crippen molar-refractivity contribution in [2.24, 2.45) is 29.4 Å². The van der Waals surface area contributed by atoms with Gasteiger partial charge in [0.1, 0.15) is 0 Å². The second-order valence-corrected chi connectivity index (χ2v) is 11.9. The average Bonchev–Trinajstić information content (AvgIpc) is 2.88. The molecule has 4 atom stereocenters. The van der Waals surface area contributed by atoms with Gasteiger partial charge in [0.05, 0.1) is 13.1 Å². The van der Waals surface area contributed by atoms with Crippen LogP contribution in [-0.2, 0) is 19.8 Å². The van der Waals surface area contributed by atoms with E-state index in [1.54, 1.807) is 4.90 Å². The van der Waals surface area contributed by atoms with Crippen LogP contribution in [0.4, 0.5) is 0 Å². The second-order valence-electron chi connectivity index (χ2n) is 11.9. The maximum atomic E-state index is 13.8. The lowest BCUT2D eigenvalue weighted by Gasteiger charge is -2.38. The highest BCUT2D eigenvalue weighted by molar-refractivity contribution is 5.88. The molecule has 6 heteroatoms. The van der Waals surface area contributed by atoms with Crippen LogP contribution in [0, 0.1) is 23.7 Å². The lowest BCUT2D eigenvalue weighted by Crippen LogP contribution is -2.46. The van der Waals surface area contributed by atoms with Crippen molar-refractivity contribution in [3.8, 4) is 0 Å². The van der Waals surface area contributed by atoms with Crippen molar-refractivity contribution in [1.29, 1.82) is 0 Å². The van der Waals surface area contributed by atoms with Crippen molar-refractivity contribution < 1.29 is 14.4 Å². The van der Waals surface area contributed by atoms with Gasteiger partial charge >= 0.3 is 0 Å². The van der Waals surface area contributed by atoms with Gasteiger partial charge in [-0.05, 0) is 67.3 Å².